The lowest BCUT2D eigenvalue weighted by molar-refractivity contribution is -0.121. The minimum Gasteiger partial charge on any atom is -0.494 e. The second-order valence-electron chi connectivity index (χ2n) is 5.35. The van der Waals surface area contributed by atoms with Crippen LogP contribution in [0.15, 0.2) is 58.4 Å². The molecule has 1 aliphatic rings. The highest BCUT2D eigenvalue weighted by Gasteiger charge is 2.30. The van der Waals surface area contributed by atoms with E-state index in [0.29, 0.717) is 27.4 Å². The van der Waals surface area contributed by atoms with Gasteiger partial charge in [-0.15, -0.1) is 0 Å². The van der Waals surface area contributed by atoms with Crippen molar-refractivity contribution in [2.24, 2.45) is 4.99 Å². The normalized spacial score (nSPS) is 17.6. The molecular formula is C19H17ClN2O2S. The molecule has 2 aromatic carbocycles. The van der Waals surface area contributed by atoms with E-state index in [9.17, 15) is 4.79 Å². The summed E-state index contributed by atoms with van der Waals surface area (Å²) in [4.78, 5) is 19.2. The van der Waals surface area contributed by atoms with Crippen molar-refractivity contribution in [3.8, 4) is 5.75 Å². The van der Waals surface area contributed by atoms with Crippen molar-refractivity contribution >= 4 is 46.2 Å². The van der Waals surface area contributed by atoms with E-state index in [0.717, 1.165) is 11.3 Å². The van der Waals surface area contributed by atoms with Gasteiger partial charge in [0.25, 0.3) is 5.91 Å². The summed E-state index contributed by atoms with van der Waals surface area (Å²) in [6, 6.07) is 14.9. The highest BCUT2D eigenvalue weighted by molar-refractivity contribution is 8.18. The van der Waals surface area contributed by atoms with Crippen LogP contribution in [0.4, 0.5) is 5.69 Å². The van der Waals surface area contributed by atoms with Gasteiger partial charge in [-0.2, -0.15) is 0 Å². The van der Waals surface area contributed by atoms with E-state index in [2.05, 4.69) is 4.99 Å². The van der Waals surface area contributed by atoms with Crippen LogP contribution in [-0.4, -0.2) is 29.6 Å². The molecule has 0 spiro atoms. The number of amidine groups is 1. The fraction of sp³-hybridized carbons (Fsp3) is 0.158. The Morgan fingerprint density at radius 1 is 1.24 bits per heavy atom. The highest BCUT2D eigenvalue weighted by atomic mass is 35.5. The standard InChI is InChI=1S/C19H17ClN2O2S/c1-3-24-16-9-4-6-13(10-16)11-17-18(23)22(2)19(25-17)21-15-8-5-7-14(20)12-15/h4-12H,3H2,1-2H3/b17-11-,21-19?. The van der Waals surface area contributed by atoms with Gasteiger partial charge in [-0.05, 0) is 60.7 Å². The lowest BCUT2D eigenvalue weighted by atomic mass is 10.2. The van der Waals surface area contributed by atoms with Crippen LogP contribution in [0.3, 0.4) is 0 Å². The Balaban J connectivity index is 1.87. The van der Waals surface area contributed by atoms with Crippen LogP contribution in [0.2, 0.25) is 5.02 Å². The fourth-order valence-electron chi connectivity index (χ4n) is 2.32. The van der Waals surface area contributed by atoms with Gasteiger partial charge in [0.1, 0.15) is 5.75 Å². The van der Waals surface area contributed by atoms with Crippen molar-refractivity contribution in [3.63, 3.8) is 0 Å². The van der Waals surface area contributed by atoms with Crippen molar-refractivity contribution in [2.75, 3.05) is 13.7 Å². The number of halogens is 1. The molecule has 128 valence electrons. The van der Waals surface area contributed by atoms with Gasteiger partial charge in [-0.3, -0.25) is 9.69 Å². The van der Waals surface area contributed by atoms with Crippen LogP contribution in [0.1, 0.15) is 12.5 Å². The molecule has 0 aromatic heterocycles. The van der Waals surface area contributed by atoms with E-state index in [4.69, 9.17) is 16.3 Å². The minimum atomic E-state index is -0.0763. The molecule has 0 radical (unpaired) electrons. The molecule has 4 nitrogen and oxygen atoms in total. The number of benzene rings is 2. The van der Waals surface area contributed by atoms with Gasteiger partial charge in [0.15, 0.2) is 5.17 Å². The zero-order chi connectivity index (χ0) is 17.8. The van der Waals surface area contributed by atoms with Crippen LogP contribution < -0.4 is 4.74 Å². The number of hydrogen-bond donors (Lipinski definition) is 0. The topological polar surface area (TPSA) is 41.9 Å². The van der Waals surface area contributed by atoms with E-state index in [1.807, 2.05) is 49.4 Å². The lowest BCUT2D eigenvalue weighted by Gasteiger charge is -2.07. The van der Waals surface area contributed by atoms with Gasteiger partial charge in [-0.1, -0.05) is 29.8 Å². The third kappa shape index (κ3) is 4.24. The Hall–Kier alpha value is -2.24. The van der Waals surface area contributed by atoms with Gasteiger partial charge < -0.3 is 4.74 Å². The maximum absolute atomic E-state index is 12.5. The lowest BCUT2D eigenvalue weighted by Crippen LogP contribution is -2.23. The number of amides is 1. The Bertz CT molecular complexity index is 864. The number of thioether (sulfide) groups is 1. The maximum atomic E-state index is 12.5. The van der Waals surface area contributed by atoms with E-state index >= 15 is 0 Å². The van der Waals surface area contributed by atoms with Crippen molar-refractivity contribution < 1.29 is 9.53 Å². The van der Waals surface area contributed by atoms with Crippen LogP contribution in [0.5, 0.6) is 5.75 Å². The van der Waals surface area contributed by atoms with Gasteiger partial charge in [0, 0.05) is 12.1 Å². The third-order valence-electron chi connectivity index (χ3n) is 3.50. The molecule has 2 aromatic rings. The summed E-state index contributed by atoms with van der Waals surface area (Å²) in [5.41, 5.74) is 1.63. The fourth-order valence-corrected chi connectivity index (χ4v) is 3.49. The maximum Gasteiger partial charge on any atom is 0.266 e. The number of carbonyl (C=O) groups is 1. The average molecular weight is 373 g/mol. The number of aliphatic imine (C=N–C) groups is 1. The molecule has 0 bridgehead atoms. The van der Waals surface area contributed by atoms with Crippen molar-refractivity contribution in [2.45, 2.75) is 6.92 Å². The summed E-state index contributed by atoms with van der Waals surface area (Å²) in [6.07, 6.45) is 1.85. The summed E-state index contributed by atoms with van der Waals surface area (Å²) in [5.74, 6) is 0.709. The van der Waals surface area contributed by atoms with E-state index in [1.54, 1.807) is 24.1 Å². The van der Waals surface area contributed by atoms with E-state index < -0.39 is 0 Å². The number of hydrogen-bond acceptors (Lipinski definition) is 4. The summed E-state index contributed by atoms with van der Waals surface area (Å²) in [7, 11) is 1.72. The number of rotatable bonds is 4. The largest absolute Gasteiger partial charge is 0.494 e. The molecule has 6 heteroatoms. The smallest absolute Gasteiger partial charge is 0.266 e. The van der Waals surface area contributed by atoms with Gasteiger partial charge in [-0.25, -0.2) is 4.99 Å². The van der Waals surface area contributed by atoms with Gasteiger partial charge >= 0.3 is 0 Å². The van der Waals surface area contributed by atoms with Gasteiger partial charge in [0.05, 0.1) is 17.2 Å². The zero-order valence-electron chi connectivity index (χ0n) is 13.9. The van der Waals surface area contributed by atoms with Crippen LogP contribution >= 0.6 is 23.4 Å². The number of ether oxygens (including phenoxy) is 1. The Morgan fingerprint density at radius 2 is 2.04 bits per heavy atom. The molecule has 3 rings (SSSR count). The molecule has 0 atom stereocenters. The first-order valence-corrected chi connectivity index (χ1v) is 9.01. The molecule has 1 heterocycles. The second kappa shape index (κ2) is 7.76. The molecule has 1 fully saturated rings. The van der Waals surface area contributed by atoms with Crippen LogP contribution in [-0.2, 0) is 4.79 Å². The first-order chi connectivity index (χ1) is 12.1. The summed E-state index contributed by atoms with van der Waals surface area (Å²) < 4.78 is 5.50. The average Bonchev–Trinajstić information content (AvgIpc) is 2.84. The predicted octanol–water partition coefficient (Wildman–Crippen LogP) is 4.97. The minimum absolute atomic E-state index is 0.0763. The van der Waals surface area contributed by atoms with E-state index in [-0.39, 0.29) is 5.91 Å². The Labute approximate surface area is 156 Å². The highest BCUT2D eigenvalue weighted by Crippen LogP contribution is 2.33. The van der Waals surface area contributed by atoms with Crippen molar-refractivity contribution in [3.05, 3.63) is 64.0 Å². The molecule has 0 saturated carbocycles. The number of carbonyl (C=O) groups excluding carboxylic acids is 1. The molecule has 1 amide bonds. The van der Waals surface area contributed by atoms with E-state index in [1.165, 1.54) is 11.8 Å². The monoisotopic (exact) mass is 372 g/mol. The Morgan fingerprint density at radius 3 is 2.80 bits per heavy atom. The molecule has 0 aliphatic carbocycles. The molecular weight excluding hydrogens is 356 g/mol. The van der Waals surface area contributed by atoms with Crippen LogP contribution in [0.25, 0.3) is 6.08 Å². The van der Waals surface area contributed by atoms with Crippen molar-refractivity contribution in [1.82, 2.24) is 4.90 Å². The zero-order valence-corrected chi connectivity index (χ0v) is 15.5. The molecule has 1 saturated heterocycles. The molecule has 1 aliphatic heterocycles. The SMILES string of the molecule is CCOc1cccc(/C=C2\SC(=Nc3cccc(Cl)c3)N(C)C2=O)c1. The second-order valence-corrected chi connectivity index (χ2v) is 6.80. The summed E-state index contributed by atoms with van der Waals surface area (Å²) >= 11 is 7.34. The van der Waals surface area contributed by atoms with Crippen molar-refractivity contribution in [1.29, 1.82) is 0 Å². The summed E-state index contributed by atoms with van der Waals surface area (Å²) in [6.45, 7) is 2.54. The third-order valence-corrected chi connectivity index (χ3v) is 4.80. The first kappa shape index (κ1) is 17.6. The van der Waals surface area contributed by atoms with Crippen LogP contribution in [0, 0.1) is 0 Å². The quantitative estimate of drug-likeness (QED) is 0.711. The van der Waals surface area contributed by atoms with Gasteiger partial charge in [0.2, 0.25) is 0 Å². The first-order valence-electron chi connectivity index (χ1n) is 7.81. The predicted molar refractivity (Wildman–Crippen MR) is 104 cm³/mol. The number of likely N-dealkylation sites (N-methyl/N-ethyl adjacent to an activating group) is 1. The summed E-state index contributed by atoms with van der Waals surface area (Å²) in [5, 5.41) is 1.24. The molecule has 0 unspecified atom stereocenters. The Kier molecular flexibility index (Phi) is 5.46. The molecule has 25 heavy (non-hydrogen) atoms. The molecule has 0 N–H and O–H groups in total. The number of nitrogens with zero attached hydrogens (tertiary/aromatic N) is 2.